The van der Waals surface area contributed by atoms with Crippen LogP contribution in [0.25, 0.3) is 0 Å². The zero-order valence-corrected chi connectivity index (χ0v) is 14.6. The minimum absolute atomic E-state index is 0.0350. The lowest BCUT2D eigenvalue weighted by atomic mass is 9.75. The minimum atomic E-state index is -0.738. The van der Waals surface area contributed by atoms with Crippen LogP contribution in [0.1, 0.15) is 40.0 Å². The van der Waals surface area contributed by atoms with Gasteiger partial charge in [-0.25, -0.2) is 0 Å². The van der Waals surface area contributed by atoms with Gasteiger partial charge in [0.25, 0.3) is 0 Å². The summed E-state index contributed by atoms with van der Waals surface area (Å²) >= 11 is 0. The van der Waals surface area contributed by atoms with Gasteiger partial charge in [-0.3, -0.25) is 9.59 Å². The Balaban J connectivity index is 1.91. The third-order valence-corrected chi connectivity index (χ3v) is 5.01. The van der Waals surface area contributed by atoms with Crippen LogP contribution in [0.3, 0.4) is 0 Å². The fourth-order valence-corrected chi connectivity index (χ4v) is 4.01. The molecule has 2 fully saturated rings. The van der Waals surface area contributed by atoms with Crippen molar-refractivity contribution in [1.82, 2.24) is 0 Å². The average Bonchev–Trinajstić information content (AvgIpc) is 2.83. The molecule has 0 radical (unpaired) electrons. The Morgan fingerprint density at radius 3 is 2.62 bits per heavy atom. The standard InChI is InChI=1S/C19H25NO4/c1-4-20(14-8-6-5-7-9-14)17(22)15-12-16(21)24-19(15)10-11-23-18(2,3)13-19/h5-9,15H,4,10-13H2,1-3H3/t15-,19+/m0/s1. The van der Waals surface area contributed by atoms with E-state index in [1.165, 1.54) is 0 Å². The summed E-state index contributed by atoms with van der Waals surface area (Å²) in [7, 11) is 0. The highest BCUT2D eigenvalue weighted by Crippen LogP contribution is 2.46. The number of anilines is 1. The molecule has 5 nitrogen and oxygen atoms in total. The zero-order chi connectivity index (χ0) is 17.4. The summed E-state index contributed by atoms with van der Waals surface area (Å²) in [6.07, 6.45) is 1.28. The van der Waals surface area contributed by atoms with Gasteiger partial charge in [-0.2, -0.15) is 0 Å². The molecule has 2 atom stereocenters. The van der Waals surface area contributed by atoms with E-state index in [1.54, 1.807) is 4.90 Å². The number of hydrogen-bond acceptors (Lipinski definition) is 4. The van der Waals surface area contributed by atoms with Crippen LogP contribution in [-0.2, 0) is 19.1 Å². The van der Waals surface area contributed by atoms with Crippen molar-refractivity contribution in [2.24, 2.45) is 5.92 Å². The van der Waals surface area contributed by atoms with Crippen molar-refractivity contribution in [3.8, 4) is 0 Å². The Bertz CT molecular complexity index is 628. The van der Waals surface area contributed by atoms with E-state index in [9.17, 15) is 9.59 Å². The number of para-hydroxylation sites is 1. The largest absolute Gasteiger partial charge is 0.458 e. The molecule has 1 spiro atoms. The van der Waals surface area contributed by atoms with Gasteiger partial charge in [-0.05, 0) is 32.9 Å². The van der Waals surface area contributed by atoms with Gasteiger partial charge < -0.3 is 14.4 Å². The minimum Gasteiger partial charge on any atom is -0.458 e. The van der Waals surface area contributed by atoms with Gasteiger partial charge in [0.15, 0.2) is 0 Å². The second-order valence-corrected chi connectivity index (χ2v) is 7.25. The summed E-state index contributed by atoms with van der Waals surface area (Å²) in [5.41, 5.74) is -0.283. The van der Waals surface area contributed by atoms with Crippen LogP contribution >= 0.6 is 0 Å². The molecule has 1 aromatic rings. The van der Waals surface area contributed by atoms with Crippen LogP contribution in [0, 0.1) is 5.92 Å². The van der Waals surface area contributed by atoms with Gasteiger partial charge in [0.2, 0.25) is 5.91 Å². The molecule has 2 saturated heterocycles. The molecule has 3 rings (SSSR count). The van der Waals surface area contributed by atoms with Crippen molar-refractivity contribution in [2.45, 2.75) is 51.2 Å². The number of benzene rings is 1. The molecule has 5 heteroatoms. The first-order chi connectivity index (χ1) is 11.4. The Hall–Kier alpha value is -1.88. The zero-order valence-electron chi connectivity index (χ0n) is 14.6. The van der Waals surface area contributed by atoms with Crippen molar-refractivity contribution in [3.63, 3.8) is 0 Å². The Morgan fingerprint density at radius 2 is 2.00 bits per heavy atom. The van der Waals surface area contributed by atoms with Gasteiger partial charge in [0, 0.05) is 25.1 Å². The van der Waals surface area contributed by atoms with Gasteiger partial charge in [-0.15, -0.1) is 0 Å². The summed E-state index contributed by atoms with van der Waals surface area (Å²) in [5, 5.41) is 0. The molecule has 2 aliphatic heterocycles. The molecule has 130 valence electrons. The maximum atomic E-state index is 13.3. The lowest BCUT2D eigenvalue weighted by Crippen LogP contribution is -2.53. The van der Waals surface area contributed by atoms with Crippen LogP contribution in [0.2, 0.25) is 0 Å². The Labute approximate surface area is 142 Å². The molecular weight excluding hydrogens is 306 g/mol. The van der Waals surface area contributed by atoms with E-state index in [0.717, 1.165) is 5.69 Å². The van der Waals surface area contributed by atoms with Crippen molar-refractivity contribution >= 4 is 17.6 Å². The molecular formula is C19H25NO4. The van der Waals surface area contributed by atoms with Crippen molar-refractivity contribution in [1.29, 1.82) is 0 Å². The first-order valence-corrected chi connectivity index (χ1v) is 8.59. The summed E-state index contributed by atoms with van der Waals surface area (Å²) in [5.74, 6) is -0.768. The highest BCUT2D eigenvalue weighted by Gasteiger charge is 2.57. The second-order valence-electron chi connectivity index (χ2n) is 7.25. The maximum Gasteiger partial charge on any atom is 0.307 e. The quantitative estimate of drug-likeness (QED) is 0.799. The third-order valence-electron chi connectivity index (χ3n) is 5.01. The number of carbonyl (C=O) groups excluding carboxylic acids is 2. The number of esters is 1. The monoisotopic (exact) mass is 331 g/mol. The topological polar surface area (TPSA) is 55.8 Å². The number of nitrogens with zero attached hydrogens (tertiary/aromatic N) is 1. The predicted octanol–water partition coefficient (Wildman–Crippen LogP) is 2.93. The number of carbonyl (C=O) groups is 2. The second kappa shape index (κ2) is 6.20. The average molecular weight is 331 g/mol. The highest BCUT2D eigenvalue weighted by atomic mass is 16.6. The van der Waals surface area contributed by atoms with E-state index in [0.29, 0.717) is 26.0 Å². The molecule has 1 amide bonds. The fourth-order valence-electron chi connectivity index (χ4n) is 4.01. The Kier molecular flexibility index (Phi) is 4.38. The van der Waals surface area contributed by atoms with Crippen molar-refractivity contribution < 1.29 is 19.1 Å². The maximum absolute atomic E-state index is 13.3. The van der Waals surface area contributed by atoms with Crippen LogP contribution < -0.4 is 4.90 Å². The molecule has 0 unspecified atom stereocenters. The number of rotatable bonds is 3. The predicted molar refractivity (Wildman–Crippen MR) is 90.7 cm³/mol. The van der Waals surface area contributed by atoms with Gasteiger partial charge >= 0.3 is 5.97 Å². The van der Waals surface area contributed by atoms with E-state index in [-0.39, 0.29) is 18.3 Å². The molecule has 0 aliphatic carbocycles. The van der Waals surface area contributed by atoms with Crippen LogP contribution in [0.5, 0.6) is 0 Å². The molecule has 2 aliphatic rings. The van der Waals surface area contributed by atoms with Crippen LogP contribution in [0.15, 0.2) is 30.3 Å². The first-order valence-electron chi connectivity index (χ1n) is 8.59. The normalized spacial score (nSPS) is 28.6. The smallest absolute Gasteiger partial charge is 0.307 e. The molecule has 0 aromatic heterocycles. The molecule has 24 heavy (non-hydrogen) atoms. The van der Waals surface area contributed by atoms with E-state index in [2.05, 4.69) is 0 Å². The molecule has 0 N–H and O–H groups in total. The molecule has 0 bridgehead atoms. The Morgan fingerprint density at radius 1 is 1.29 bits per heavy atom. The number of amides is 1. The van der Waals surface area contributed by atoms with E-state index in [1.807, 2.05) is 51.1 Å². The number of ether oxygens (including phenoxy) is 2. The summed E-state index contributed by atoms with van der Waals surface area (Å²) in [4.78, 5) is 27.1. The SMILES string of the molecule is CCN(C(=O)[C@@H]1CC(=O)O[C@@]12CCOC(C)(C)C2)c1ccccc1. The lowest BCUT2D eigenvalue weighted by molar-refractivity contribution is -0.179. The van der Waals surface area contributed by atoms with Crippen molar-refractivity contribution in [3.05, 3.63) is 30.3 Å². The van der Waals surface area contributed by atoms with Crippen LogP contribution in [0.4, 0.5) is 5.69 Å². The highest BCUT2D eigenvalue weighted by molar-refractivity contribution is 5.98. The third kappa shape index (κ3) is 3.05. The summed E-state index contributed by atoms with van der Waals surface area (Å²) < 4.78 is 11.5. The lowest BCUT2D eigenvalue weighted by Gasteiger charge is -2.44. The molecule has 1 aromatic carbocycles. The summed E-state index contributed by atoms with van der Waals surface area (Å²) in [6.45, 7) is 6.97. The molecule has 2 heterocycles. The van der Waals surface area contributed by atoms with Gasteiger partial charge in [-0.1, -0.05) is 18.2 Å². The van der Waals surface area contributed by atoms with E-state index >= 15 is 0 Å². The number of hydrogen-bond donors (Lipinski definition) is 0. The fraction of sp³-hybridized carbons (Fsp3) is 0.579. The first kappa shape index (κ1) is 17.0. The summed E-state index contributed by atoms with van der Waals surface area (Å²) in [6, 6.07) is 9.58. The van der Waals surface area contributed by atoms with Gasteiger partial charge in [0.1, 0.15) is 5.60 Å². The van der Waals surface area contributed by atoms with E-state index in [4.69, 9.17) is 9.47 Å². The molecule has 0 saturated carbocycles. The van der Waals surface area contributed by atoms with Gasteiger partial charge in [0.05, 0.1) is 24.5 Å². The van der Waals surface area contributed by atoms with E-state index < -0.39 is 17.1 Å². The van der Waals surface area contributed by atoms with Crippen molar-refractivity contribution in [2.75, 3.05) is 18.1 Å². The van der Waals surface area contributed by atoms with Crippen LogP contribution in [-0.4, -0.2) is 36.2 Å².